The van der Waals surface area contributed by atoms with Gasteiger partial charge in [-0.15, -0.1) is 0 Å². The largest absolute Gasteiger partial charge is 0.385 e. The monoisotopic (exact) mass is 327 g/mol. The molecule has 0 spiro atoms. The lowest BCUT2D eigenvalue weighted by atomic mass is 9.77. The van der Waals surface area contributed by atoms with Crippen LogP contribution in [0.3, 0.4) is 0 Å². The Morgan fingerprint density at radius 3 is 2.54 bits per heavy atom. The Hall–Kier alpha value is -1.65. The third kappa shape index (κ3) is 4.05. The molecule has 1 aromatic carbocycles. The van der Waals surface area contributed by atoms with Gasteiger partial charge in [0.2, 0.25) is 0 Å². The van der Waals surface area contributed by atoms with Crippen LogP contribution in [0.2, 0.25) is 0 Å². The van der Waals surface area contributed by atoms with Crippen LogP contribution in [-0.2, 0) is 12.1 Å². The number of imidazole rings is 1. The molecule has 4 nitrogen and oxygen atoms in total. The van der Waals surface area contributed by atoms with Gasteiger partial charge in [-0.05, 0) is 42.7 Å². The van der Waals surface area contributed by atoms with Crippen molar-refractivity contribution in [1.82, 2.24) is 14.9 Å². The molecule has 1 saturated carbocycles. The van der Waals surface area contributed by atoms with Gasteiger partial charge in [-0.25, -0.2) is 4.98 Å². The highest BCUT2D eigenvalue weighted by Crippen LogP contribution is 2.37. The van der Waals surface area contributed by atoms with Gasteiger partial charge in [-0.2, -0.15) is 0 Å². The lowest BCUT2D eigenvalue weighted by Crippen LogP contribution is -2.40. The molecule has 1 fully saturated rings. The average molecular weight is 327 g/mol. The van der Waals surface area contributed by atoms with E-state index >= 15 is 0 Å². The van der Waals surface area contributed by atoms with Crippen LogP contribution >= 0.6 is 0 Å². The Morgan fingerprint density at radius 2 is 1.96 bits per heavy atom. The molecule has 0 atom stereocenters. The topological polar surface area (TPSA) is 50.1 Å². The van der Waals surface area contributed by atoms with Crippen molar-refractivity contribution < 1.29 is 5.11 Å². The lowest BCUT2D eigenvalue weighted by Gasteiger charge is -2.37. The van der Waals surface area contributed by atoms with Crippen molar-refractivity contribution in [1.29, 1.82) is 0 Å². The summed E-state index contributed by atoms with van der Waals surface area (Å²) in [5.41, 5.74) is 1.75. The van der Waals surface area contributed by atoms with Crippen LogP contribution < -0.4 is 5.32 Å². The minimum absolute atomic E-state index is 0.503. The maximum absolute atomic E-state index is 11.0. The second-order valence-corrected chi connectivity index (χ2v) is 7.34. The van der Waals surface area contributed by atoms with Crippen LogP contribution in [0.5, 0.6) is 0 Å². The van der Waals surface area contributed by atoms with E-state index < -0.39 is 5.60 Å². The maximum atomic E-state index is 11.0. The van der Waals surface area contributed by atoms with Crippen LogP contribution in [0.4, 0.5) is 0 Å². The molecule has 0 amide bonds. The lowest BCUT2D eigenvalue weighted by molar-refractivity contribution is -0.00835. The van der Waals surface area contributed by atoms with E-state index in [1.807, 2.05) is 18.7 Å². The Labute approximate surface area is 144 Å². The van der Waals surface area contributed by atoms with Crippen molar-refractivity contribution in [2.45, 2.75) is 63.6 Å². The van der Waals surface area contributed by atoms with Gasteiger partial charge in [0.25, 0.3) is 0 Å². The van der Waals surface area contributed by atoms with Gasteiger partial charge < -0.3 is 15.0 Å². The van der Waals surface area contributed by atoms with Crippen molar-refractivity contribution in [3.63, 3.8) is 0 Å². The normalized spacial score (nSPS) is 24.4. The highest BCUT2D eigenvalue weighted by molar-refractivity contribution is 5.29. The number of rotatable bonds is 6. The van der Waals surface area contributed by atoms with Gasteiger partial charge in [0.1, 0.15) is 0 Å². The molecule has 2 aromatic rings. The summed E-state index contributed by atoms with van der Waals surface area (Å²) >= 11 is 0. The summed E-state index contributed by atoms with van der Waals surface area (Å²) in [5, 5.41) is 14.6. The molecule has 1 heterocycles. The number of hydrogen-bond donors (Lipinski definition) is 2. The van der Waals surface area contributed by atoms with E-state index in [4.69, 9.17) is 0 Å². The minimum Gasteiger partial charge on any atom is -0.385 e. The van der Waals surface area contributed by atoms with E-state index in [9.17, 15) is 5.11 Å². The summed E-state index contributed by atoms with van der Waals surface area (Å²) in [7, 11) is 0. The molecule has 0 unspecified atom stereocenters. The number of aromatic nitrogens is 2. The maximum Gasteiger partial charge on any atom is 0.0946 e. The molecule has 4 heteroatoms. The fourth-order valence-corrected chi connectivity index (χ4v) is 3.58. The van der Waals surface area contributed by atoms with Gasteiger partial charge in [0.15, 0.2) is 0 Å². The fourth-order valence-electron chi connectivity index (χ4n) is 3.58. The Balaban J connectivity index is 1.49. The van der Waals surface area contributed by atoms with Crippen molar-refractivity contribution >= 4 is 0 Å². The second-order valence-electron chi connectivity index (χ2n) is 7.34. The quantitative estimate of drug-likeness (QED) is 0.854. The molecular formula is C20H29N3O. The predicted octanol–water partition coefficient (Wildman–Crippen LogP) is 3.43. The first kappa shape index (κ1) is 17.2. The summed E-state index contributed by atoms with van der Waals surface area (Å²) in [5.74, 6) is 0.532. The molecule has 1 aromatic heterocycles. The van der Waals surface area contributed by atoms with E-state index in [0.29, 0.717) is 12.0 Å². The van der Waals surface area contributed by atoms with Crippen LogP contribution in [0, 0.1) is 0 Å². The van der Waals surface area contributed by atoms with Crippen LogP contribution in [0.25, 0.3) is 0 Å². The third-order valence-corrected chi connectivity index (χ3v) is 5.29. The number of nitrogens with zero attached hydrogens (tertiary/aromatic N) is 2. The highest BCUT2D eigenvalue weighted by atomic mass is 16.3. The van der Waals surface area contributed by atoms with E-state index in [-0.39, 0.29) is 0 Å². The summed E-state index contributed by atoms with van der Waals surface area (Å²) in [6.45, 7) is 6.29. The summed E-state index contributed by atoms with van der Waals surface area (Å²) in [4.78, 5) is 4.06. The second kappa shape index (κ2) is 7.49. The number of nitrogens with one attached hydrogen (secondary N) is 1. The molecule has 3 rings (SSSR count). The smallest absolute Gasteiger partial charge is 0.0946 e. The summed E-state index contributed by atoms with van der Waals surface area (Å²) < 4.78 is 2.09. The highest BCUT2D eigenvalue weighted by Gasteiger charge is 2.34. The van der Waals surface area contributed by atoms with E-state index in [1.54, 1.807) is 0 Å². The minimum atomic E-state index is -0.655. The SMILES string of the molecule is CC(C)c1ccc(C2(O)CCC(NCCn3ccnc3)CC2)cc1. The van der Waals surface area contributed by atoms with Gasteiger partial charge >= 0.3 is 0 Å². The first-order chi connectivity index (χ1) is 11.6. The molecule has 1 aliphatic carbocycles. The zero-order chi connectivity index (χ0) is 17.0. The van der Waals surface area contributed by atoms with Crippen molar-refractivity contribution in [2.75, 3.05) is 6.54 Å². The summed E-state index contributed by atoms with van der Waals surface area (Å²) in [6, 6.07) is 9.05. The molecular weight excluding hydrogens is 298 g/mol. The molecule has 0 saturated heterocycles. The predicted molar refractivity (Wildman–Crippen MR) is 96.9 cm³/mol. The van der Waals surface area contributed by atoms with Crippen molar-refractivity contribution in [3.8, 4) is 0 Å². The van der Waals surface area contributed by atoms with Crippen LogP contribution in [-0.4, -0.2) is 27.2 Å². The molecule has 0 aliphatic heterocycles. The standard InChI is InChI=1S/C20H29N3O/c1-16(2)17-3-5-18(6-4-17)20(24)9-7-19(8-10-20)22-12-14-23-13-11-21-15-23/h3-6,11,13,15-16,19,22,24H,7-10,12,14H2,1-2H3. The molecule has 2 N–H and O–H groups in total. The van der Waals surface area contributed by atoms with E-state index in [2.05, 4.69) is 53.0 Å². The Kier molecular flexibility index (Phi) is 5.36. The van der Waals surface area contributed by atoms with Crippen LogP contribution in [0.1, 0.15) is 56.6 Å². The van der Waals surface area contributed by atoms with Gasteiger partial charge in [0, 0.05) is 31.5 Å². The Morgan fingerprint density at radius 1 is 1.25 bits per heavy atom. The number of hydrogen-bond acceptors (Lipinski definition) is 3. The van der Waals surface area contributed by atoms with Crippen molar-refractivity contribution in [2.24, 2.45) is 0 Å². The first-order valence-corrected chi connectivity index (χ1v) is 9.09. The number of aliphatic hydroxyl groups is 1. The zero-order valence-electron chi connectivity index (χ0n) is 14.8. The fraction of sp³-hybridized carbons (Fsp3) is 0.550. The molecule has 1 aliphatic rings. The van der Waals surface area contributed by atoms with Gasteiger partial charge in [0.05, 0.1) is 11.9 Å². The molecule has 24 heavy (non-hydrogen) atoms. The van der Waals surface area contributed by atoms with Gasteiger partial charge in [-0.3, -0.25) is 0 Å². The molecule has 0 bridgehead atoms. The number of benzene rings is 1. The first-order valence-electron chi connectivity index (χ1n) is 9.09. The van der Waals surface area contributed by atoms with E-state index in [0.717, 1.165) is 44.3 Å². The van der Waals surface area contributed by atoms with Crippen molar-refractivity contribution in [3.05, 3.63) is 54.1 Å². The third-order valence-electron chi connectivity index (χ3n) is 5.29. The Bertz CT molecular complexity index is 611. The molecule has 130 valence electrons. The van der Waals surface area contributed by atoms with E-state index in [1.165, 1.54) is 5.56 Å². The van der Waals surface area contributed by atoms with Crippen LogP contribution in [0.15, 0.2) is 43.0 Å². The summed E-state index contributed by atoms with van der Waals surface area (Å²) in [6.07, 6.45) is 9.35. The van der Waals surface area contributed by atoms with Gasteiger partial charge in [-0.1, -0.05) is 38.1 Å². The molecule has 0 radical (unpaired) electrons. The zero-order valence-corrected chi connectivity index (χ0v) is 14.8. The average Bonchev–Trinajstić information content (AvgIpc) is 3.10.